The molecule has 1 aliphatic heterocycles. The average molecular weight is 232 g/mol. The Kier molecular flexibility index (Phi) is 3.70. The van der Waals surface area contributed by atoms with Gasteiger partial charge in [-0.1, -0.05) is 0 Å². The molecular weight excluding hydrogens is 220 g/mol. The summed E-state index contributed by atoms with van der Waals surface area (Å²) in [6, 6.07) is 8.68. The molecule has 5 nitrogen and oxygen atoms in total. The average Bonchev–Trinajstić information content (AvgIpc) is 2.28. The van der Waals surface area contributed by atoms with Crippen molar-refractivity contribution in [3.05, 3.63) is 29.8 Å². The molecule has 1 fully saturated rings. The van der Waals surface area contributed by atoms with Crippen LogP contribution in [0.15, 0.2) is 24.3 Å². The fourth-order valence-corrected chi connectivity index (χ4v) is 1.33. The Morgan fingerprint density at radius 1 is 1.47 bits per heavy atom. The quantitative estimate of drug-likeness (QED) is 0.837. The molecule has 0 spiro atoms. The lowest BCUT2D eigenvalue weighted by molar-refractivity contribution is -0.144. The second-order valence-electron chi connectivity index (χ2n) is 3.71. The number of nitriles is 1. The summed E-state index contributed by atoms with van der Waals surface area (Å²) in [5.41, 5.74) is 1.22. The lowest BCUT2D eigenvalue weighted by atomic mass is 10.2. The third-order valence-corrected chi connectivity index (χ3v) is 2.36. The summed E-state index contributed by atoms with van der Waals surface area (Å²) >= 11 is 0. The van der Waals surface area contributed by atoms with Crippen LogP contribution in [0.5, 0.6) is 0 Å². The van der Waals surface area contributed by atoms with Crippen LogP contribution in [0.25, 0.3) is 0 Å². The van der Waals surface area contributed by atoms with Crippen LogP contribution in [0.4, 0.5) is 5.69 Å². The number of ether oxygens (including phenoxy) is 2. The maximum Gasteiger partial charge on any atom is 0.250 e. The fourth-order valence-electron chi connectivity index (χ4n) is 1.33. The van der Waals surface area contributed by atoms with E-state index >= 15 is 0 Å². The molecule has 1 amide bonds. The van der Waals surface area contributed by atoms with Gasteiger partial charge in [0.15, 0.2) is 0 Å². The van der Waals surface area contributed by atoms with Crippen molar-refractivity contribution in [1.29, 1.82) is 5.26 Å². The van der Waals surface area contributed by atoms with E-state index < -0.39 is 0 Å². The number of carbonyl (C=O) groups is 1. The summed E-state index contributed by atoms with van der Waals surface area (Å²) in [5.74, 6) is -0.207. The van der Waals surface area contributed by atoms with Crippen LogP contribution in [0.1, 0.15) is 5.56 Å². The van der Waals surface area contributed by atoms with Gasteiger partial charge in [-0.3, -0.25) is 4.79 Å². The van der Waals surface area contributed by atoms with Crippen molar-refractivity contribution in [2.45, 2.75) is 6.10 Å². The molecule has 2 rings (SSSR count). The zero-order chi connectivity index (χ0) is 12.1. The van der Waals surface area contributed by atoms with Crippen molar-refractivity contribution in [2.24, 2.45) is 0 Å². The monoisotopic (exact) mass is 232 g/mol. The van der Waals surface area contributed by atoms with E-state index in [2.05, 4.69) is 5.32 Å². The van der Waals surface area contributed by atoms with Crippen LogP contribution >= 0.6 is 0 Å². The van der Waals surface area contributed by atoms with Gasteiger partial charge in [0.25, 0.3) is 0 Å². The van der Waals surface area contributed by atoms with Gasteiger partial charge in [0, 0.05) is 5.69 Å². The smallest absolute Gasteiger partial charge is 0.250 e. The largest absolute Gasteiger partial charge is 0.376 e. The maximum atomic E-state index is 11.5. The van der Waals surface area contributed by atoms with E-state index in [-0.39, 0.29) is 18.6 Å². The first-order chi connectivity index (χ1) is 8.28. The molecule has 0 radical (unpaired) electrons. The first kappa shape index (κ1) is 11.6. The van der Waals surface area contributed by atoms with E-state index in [1.54, 1.807) is 24.3 Å². The van der Waals surface area contributed by atoms with Crippen LogP contribution in [-0.4, -0.2) is 31.8 Å². The van der Waals surface area contributed by atoms with Crippen molar-refractivity contribution in [3.63, 3.8) is 0 Å². The first-order valence-electron chi connectivity index (χ1n) is 5.27. The van der Waals surface area contributed by atoms with Gasteiger partial charge in [-0.25, -0.2) is 0 Å². The molecule has 1 heterocycles. The van der Waals surface area contributed by atoms with Crippen LogP contribution in [-0.2, 0) is 14.3 Å². The van der Waals surface area contributed by atoms with Crippen LogP contribution in [0.2, 0.25) is 0 Å². The minimum atomic E-state index is -0.207. The van der Waals surface area contributed by atoms with E-state index in [0.717, 1.165) is 0 Å². The summed E-state index contributed by atoms with van der Waals surface area (Å²) < 4.78 is 10.2. The minimum absolute atomic E-state index is 0.0219. The molecule has 0 atom stereocenters. The third kappa shape index (κ3) is 3.28. The SMILES string of the molecule is N#Cc1ccc(NC(=O)COC2COC2)cc1. The molecule has 1 aliphatic rings. The van der Waals surface area contributed by atoms with Gasteiger partial charge in [0.05, 0.1) is 24.8 Å². The van der Waals surface area contributed by atoms with E-state index in [1.807, 2.05) is 6.07 Å². The van der Waals surface area contributed by atoms with E-state index in [4.69, 9.17) is 14.7 Å². The molecule has 17 heavy (non-hydrogen) atoms. The van der Waals surface area contributed by atoms with Gasteiger partial charge in [-0.15, -0.1) is 0 Å². The third-order valence-electron chi connectivity index (χ3n) is 2.36. The first-order valence-corrected chi connectivity index (χ1v) is 5.27. The van der Waals surface area contributed by atoms with E-state index in [1.165, 1.54) is 0 Å². The molecule has 0 bridgehead atoms. The van der Waals surface area contributed by atoms with Crippen molar-refractivity contribution >= 4 is 11.6 Å². The Balaban J connectivity index is 1.78. The van der Waals surface area contributed by atoms with E-state index in [9.17, 15) is 4.79 Å². The number of hydrogen-bond donors (Lipinski definition) is 1. The minimum Gasteiger partial charge on any atom is -0.376 e. The number of rotatable bonds is 4. The van der Waals surface area contributed by atoms with Gasteiger partial charge >= 0.3 is 0 Å². The normalized spacial score (nSPS) is 14.8. The molecule has 5 heteroatoms. The van der Waals surface area contributed by atoms with Gasteiger partial charge in [-0.05, 0) is 24.3 Å². The highest BCUT2D eigenvalue weighted by molar-refractivity contribution is 5.91. The van der Waals surface area contributed by atoms with Gasteiger partial charge < -0.3 is 14.8 Å². The fraction of sp³-hybridized carbons (Fsp3) is 0.333. The standard InChI is InChI=1S/C12H12N2O3/c13-5-9-1-3-10(4-2-9)14-12(15)8-17-11-6-16-7-11/h1-4,11H,6-8H2,(H,14,15). The molecule has 0 saturated carbocycles. The molecule has 1 N–H and O–H groups in total. The van der Waals surface area contributed by atoms with Gasteiger partial charge in [0.1, 0.15) is 12.7 Å². The topological polar surface area (TPSA) is 71.4 Å². The van der Waals surface area contributed by atoms with Crippen molar-refractivity contribution in [3.8, 4) is 6.07 Å². The molecule has 0 unspecified atom stereocenters. The van der Waals surface area contributed by atoms with E-state index in [0.29, 0.717) is 24.5 Å². The van der Waals surface area contributed by atoms with Crippen molar-refractivity contribution in [2.75, 3.05) is 25.1 Å². The molecule has 0 aliphatic carbocycles. The van der Waals surface area contributed by atoms with Crippen LogP contribution < -0.4 is 5.32 Å². The Labute approximate surface area is 98.9 Å². The zero-order valence-corrected chi connectivity index (χ0v) is 9.18. The molecule has 0 aromatic heterocycles. The Bertz CT molecular complexity index is 432. The highest BCUT2D eigenvalue weighted by Gasteiger charge is 2.19. The number of amides is 1. The van der Waals surface area contributed by atoms with Crippen molar-refractivity contribution in [1.82, 2.24) is 0 Å². The number of nitrogens with zero attached hydrogens (tertiary/aromatic N) is 1. The summed E-state index contributed by atoms with van der Waals surface area (Å²) in [6.07, 6.45) is 0.0433. The van der Waals surface area contributed by atoms with Crippen LogP contribution in [0, 0.1) is 11.3 Å². The highest BCUT2D eigenvalue weighted by atomic mass is 16.6. The van der Waals surface area contributed by atoms with Gasteiger partial charge in [-0.2, -0.15) is 5.26 Å². The highest BCUT2D eigenvalue weighted by Crippen LogP contribution is 2.09. The number of nitrogens with one attached hydrogen (secondary N) is 1. The molecule has 1 aromatic rings. The number of benzene rings is 1. The predicted octanol–water partition coefficient (Wildman–Crippen LogP) is 0.912. The lowest BCUT2D eigenvalue weighted by Crippen LogP contribution is -2.38. The van der Waals surface area contributed by atoms with Crippen LogP contribution in [0.3, 0.4) is 0 Å². The summed E-state index contributed by atoms with van der Waals surface area (Å²) in [4.78, 5) is 11.5. The van der Waals surface area contributed by atoms with Crippen molar-refractivity contribution < 1.29 is 14.3 Å². The molecule has 88 valence electrons. The number of anilines is 1. The zero-order valence-electron chi connectivity index (χ0n) is 9.18. The number of carbonyl (C=O) groups excluding carboxylic acids is 1. The maximum absolute atomic E-state index is 11.5. The summed E-state index contributed by atoms with van der Waals surface area (Å²) in [7, 11) is 0. The number of hydrogen-bond acceptors (Lipinski definition) is 4. The lowest BCUT2D eigenvalue weighted by Gasteiger charge is -2.25. The summed E-state index contributed by atoms with van der Waals surface area (Å²) in [6.45, 7) is 1.14. The Hall–Kier alpha value is -1.90. The second-order valence-corrected chi connectivity index (χ2v) is 3.71. The Morgan fingerprint density at radius 2 is 2.18 bits per heavy atom. The summed E-state index contributed by atoms with van der Waals surface area (Å²) in [5, 5.41) is 11.3. The molecular formula is C12H12N2O3. The predicted molar refractivity (Wildman–Crippen MR) is 60.3 cm³/mol. The molecule has 1 saturated heterocycles. The van der Waals surface area contributed by atoms with Gasteiger partial charge in [0.2, 0.25) is 5.91 Å². The second kappa shape index (κ2) is 5.43. The molecule has 1 aromatic carbocycles. The Morgan fingerprint density at radius 3 is 2.71 bits per heavy atom.